The van der Waals surface area contributed by atoms with Crippen molar-refractivity contribution in [3.05, 3.63) is 83.9 Å². The van der Waals surface area contributed by atoms with Gasteiger partial charge in [0.05, 0.1) is 44.6 Å². The van der Waals surface area contributed by atoms with Gasteiger partial charge in [0.2, 0.25) is 23.9 Å². The fraction of sp³-hybridized carbons (Fsp3) is 0.435. The molecule has 1 unspecified atom stereocenters. The molecule has 15 nitrogen and oxygen atoms in total. The molecule has 17 heteroatoms. The summed E-state index contributed by atoms with van der Waals surface area (Å²) < 4.78 is 47.9. The van der Waals surface area contributed by atoms with E-state index >= 15 is 0 Å². The number of methoxy groups -OCH3 is 2. The molecular weight excluding hydrogens is 819 g/mol. The minimum atomic E-state index is -1.45. The Labute approximate surface area is 363 Å². The van der Waals surface area contributed by atoms with Crippen LogP contribution in [-0.4, -0.2) is 114 Å². The molecule has 5 amide bonds. The number of fused-ring (bicyclic) bond motifs is 5. The number of alkyl halides is 2. The molecule has 0 aliphatic carbocycles. The zero-order valence-corrected chi connectivity index (χ0v) is 35.9. The lowest BCUT2D eigenvalue weighted by molar-refractivity contribution is -0.140. The van der Waals surface area contributed by atoms with Crippen molar-refractivity contribution in [3.8, 4) is 17.0 Å². The van der Waals surface area contributed by atoms with Crippen molar-refractivity contribution in [3.63, 3.8) is 0 Å². The van der Waals surface area contributed by atoms with Gasteiger partial charge in [-0.2, -0.15) is 0 Å². The van der Waals surface area contributed by atoms with Crippen molar-refractivity contribution in [2.45, 2.75) is 89.7 Å². The highest BCUT2D eigenvalue weighted by molar-refractivity contribution is 6.00. The van der Waals surface area contributed by atoms with Gasteiger partial charge in [-0.1, -0.05) is 64.1 Å². The molecular formula is C46H52F2N6O9. The van der Waals surface area contributed by atoms with Crippen LogP contribution in [0.2, 0.25) is 0 Å². The van der Waals surface area contributed by atoms with Crippen LogP contribution in [0.15, 0.2) is 72.8 Å². The number of rotatable bonds is 12. The maximum atomic E-state index is 14.9. The van der Waals surface area contributed by atoms with Crippen molar-refractivity contribution in [1.29, 1.82) is 0 Å². The van der Waals surface area contributed by atoms with Crippen LogP contribution >= 0.6 is 0 Å². The lowest BCUT2D eigenvalue weighted by Crippen LogP contribution is -2.54. The number of amides is 5. The average molecular weight is 871 g/mol. The summed E-state index contributed by atoms with van der Waals surface area (Å²) in [5.41, 5.74) is 4.15. The van der Waals surface area contributed by atoms with Crippen LogP contribution in [0.4, 0.5) is 24.1 Å². The zero-order valence-electron chi connectivity index (χ0n) is 35.9. The third-order valence-corrected chi connectivity index (χ3v) is 11.9. The van der Waals surface area contributed by atoms with Crippen LogP contribution in [0.3, 0.4) is 0 Å². The Morgan fingerprint density at radius 1 is 0.746 bits per heavy atom. The molecule has 0 spiro atoms. The van der Waals surface area contributed by atoms with Gasteiger partial charge in [-0.05, 0) is 47.7 Å². The van der Waals surface area contributed by atoms with Crippen LogP contribution < -0.4 is 20.7 Å². The summed E-state index contributed by atoms with van der Waals surface area (Å²) in [6, 6.07) is 18.1. The van der Waals surface area contributed by atoms with Gasteiger partial charge in [-0.3, -0.25) is 19.2 Å². The summed E-state index contributed by atoms with van der Waals surface area (Å²) in [4.78, 5) is 81.2. The molecule has 2 fully saturated rings. The summed E-state index contributed by atoms with van der Waals surface area (Å²) in [5, 5.41) is 8.66. The Kier molecular flexibility index (Phi) is 13.0. The van der Waals surface area contributed by atoms with Crippen molar-refractivity contribution >= 4 is 52.3 Å². The number of ketones is 1. The molecule has 3 aliphatic heterocycles. The number of likely N-dealkylation sites (tertiary alicyclic amines) is 2. The molecule has 0 saturated carbocycles. The van der Waals surface area contributed by atoms with E-state index in [1.54, 1.807) is 45.9 Å². The largest absolute Gasteiger partial charge is 0.465 e. The summed E-state index contributed by atoms with van der Waals surface area (Å²) in [6.45, 7) is 6.37. The fourth-order valence-electron chi connectivity index (χ4n) is 8.68. The lowest BCUT2D eigenvalue weighted by atomic mass is 9.98. The fourth-order valence-corrected chi connectivity index (χ4v) is 8.68. The van der Waals surface area contributed by atoms with Crippen LogP contribution in [-0.2, 0) is 35.1 Å². The Bertz CT molecular complexity index is 2410. The predicted molar refractivity (Wildman–Crippen MR) is 228 cm³/mol. The van der Waals surface area contributed by atoms with Gasteiger partial charge in [0.15, 0.2) is 5.78 Å². The van der Waals surface area contributed by atoms with Gasteiger partial charge < -0.3 is 44.5 Å². The van der Waals surface area contributed by atoms with Crippen LogP contribution in [0.5, 0.6) is 5.75 Å². The van der Waals surface area contributed by atoms with Crippen molar-refractivity contribution in [1.82, 2.24) is 25.0 Å². The third kappa shape index (κ3) is 9.18. The van der Waals surface area contributed by atoms with Crippen molar-refractivity contribution in [2.75, 3.05) is 32.6 Å². The van der Waals surface area contributed by atoms with E-state index in [9.17, 15) is 37.5 Å². The molecule has 0 radical (unpaired) electrons. The topological polar surface area (TPSA) is 178 Å². The standard InChI is InChI=1S/C46H52F2N6O9/c1-24(2)39(50-45(59)61-5)42(57)52-22-29(47)19-35(52)37(55)17-26-12-15-33-28(16-26)18-34-32-14-13-31(21-38(32)63-44(54(33)34)27-10-8-7-9-11-27)49-41(56)36-20-30(48)23-53(36)43(58)40(25(3)4)51-46(60)62-6/h7-16,18,21,24-25,29-30,35-36,39-40,44H,17,19-20,22-23H2,1-6H3,(H,49,56)(H,50,59)(H,51,60)/t29-,30+,35-,36-,39-,40-,44?/m0/s1. The lowest BCUT2D eigenvalue weighted by Gasteiger charge is -2.31. The third-order valence-electron chi connectivity index (χ3n) is 11.9. The SMILES string of the molecule is COC(=O)N[C@H](C(=O)N1C[C@@H](F)C[C@H]1C(=O)Cc1ccc2c(c1)cc1n2C(c2ccccc2)Oc2cc(NC(=O)[C@@H]3C[C@@H](F)CN3C(=O)[C@@H](NC(=O)OC)C(C)C)ccc2-1)C(C)C. The number of benzene rings is 3. The minimum absolute atomic E-state index is 0.0697. The molecule has 4 heterocycles. The molecule has 2 saturated heterocycles. The zero-order chi connectivity index (χ0) is 45.3. The summed E-state index contributed by atoms with van der Waals surface area (Å²) in [5.74, 6) is -2.34. The number of nitrogens with zero attached hydrogens (tertiary/aromatic N) is 3. The highest BCUT2D eigenvalue weighted by atomic mass is 19.1. The number of carbonyl (C=O) groups is 6. The normalized spacial score (nSPS) is 21.3. The molecule has 7 rings (SSSR count). The van der Waals surface area contributed by atoms with E-state index in [0.29, 0.717) is 22.6 Å². The Hall–Kier alpha value is -6.52. The highest BCUT2D eigenvalue weighted by Crippen LogP contribution is 2.45. The molecule has 0 bridgehead atoms. The molecule has 7 atom stereocenters. The van der Waals surface area contributed by atoms with Gasteiger partial charge in [-0.15, -0.1) is 0 Å². The van der Waals surface area contributed by atoms with Crippen molar-refractivity contribution in [2.24, 2.45) is 11.8 Å². The quantitative estimate of drug-likeness (QED) is 0.156. The first-order valence-corrected chi connectivity index (χ1v) is 21.0. The van der Waals surface area contributed by atoms with Crippen LogP contribution in [0.1, 0.15) is 57.9 Å². The van der Waals surface area contributed by atoms with E-state index in [1.807, 2.05) is 59.2 Å². The van der Waals surface area contributed by atoms with Gasteiger partial charge >= 0.3 is 12.2 Å². The second kappa shape index (κ2) is 18.4. The number of aromatic nitrogens is 1. The van der Waals surface area contributed by atoms with Gasteiger partial charge in [0, 0.05) is 47.5 Å². The maximum Gasteiger partial charge on any atom is 0.407 e. The average Bonchev–Trinajstić information content (AvgIpc) is 3.98. The number of ether oxygens (including phenoxy) is 3. The van der Waals surface area contributed by atoms with E-state index < -0.39 is 72.6 Å². The Morgan fingerprint density at radius 2 is 1.33 bits per heavy atom. The number of Topliss-reactive ketones (excluding diaryl/α,β-unsaturated/α-hetero) is 1. The van der Waals surface area contributed by atoms with Gasteiger partial charge in [0.25, 0.3) is 0 Å². The number of nitrogens with one attached hydrogen (secondary N) is 3. The molecule has 63 heavy (non-hydrogen) atoms. The molecule has 3 aromatic carbocycles. The van der Waals surface area contributed by atoms with Gasteiger partial charge in [0.1, 0.15) is 36.2 Å². The predicted octanol–water partition coefficient (Wildman–Crippen LogP) is 5.94. The first kappa shape index (κ1) is 44.5. The van der Waals surface area contributed by atoms with Crippen LogP contribution in [0, 0.1) is 11.8 Å². The number of carbonyl (C=O) groups excluding carboxylic acids is 6. The molecule has 1 aromatic heterocycles. The Balaban J connectivity index is 1.15. The maximum absolute atomic E-state index is 14.9. The molecule has 3 aliphatic rings. The van der Waals surface area contributed by atoms with Crippen molar-refractivity contribution < 1.29 is 51.8 Å². The summed E-state index contributed by atoms with van der Waals surface area (Å²) in [6.07, 6.45) is -5.55. The van der Waals surface area contributed by atoms with E-state index in [1.165, 1.54) is 19.1 Å². The van der Waals surface area contributed by atoms with Crippen LogP contribution in [0.25, 0.3) is 22.2 Å². The minimum Gasteiger partial charge on any atom is -0.465 e. The van der Waals surface area contributed by atoms with Gasteiger partial charge in [-0.25, -0.2) is 18.4 Å². The number of halogens is 2. The Morgan fingerprint density at radius 3 is 1.92 bits per heavy atom. The monoisotopic (exact) mass is 870 g/mol. The molecule has 4 aromatic rings. The summed E-state index contributed by atoms with van der Waals surface area (Å²) >= 11 is 0. The smallest absolute Gasteiger partial charge is 0.407 e. The van der Waals surface area contributed by atoms with E-state index in [2.05, 4.69) is 25.4 Å². The van der Waals surface area contributed by atoms with E-state index in [0.717, 1.165) is 27.1 Å². The second-order valence-electron chi connectivity index (χ2n) is 16.9. The highest BCUT2D eigenvalue weighted by Gasteiger charge is 2.44. The van der Waals surface area contributed by atoms with E-state index in [4.69, 9.17) is 4.74 Å². The second-order valence-corrected chi connectivity index (χ2v) is 16.9. The number of anilines is 1. The van der Waals surface area contributed by atoms with E-state index in [-0.39, 0.29) is 50.0 Å². The molecule has 3 N–H and O–H groups in total. The summed E-state index contributed by atoms with van der Waals surface area (Å²) in [7, 11) is 2.35. The first-order valence-electron chi connectivity index (χ1n) is 21.0. The molecule has 334 valence electrons. The number of hydrogen-bond donors (Lipinski definition) is 3. The first-order chi connectivity index (χ1) is 30.1. The number of alkyl carbamates (subject to hydrolysis) is 2. The number of hydrogen-bond acceptors (Lipinski definition) is 9.